The highest BCUT2D eigenvalue weighted by Gasteiger charge is 2.40. The van der Waals surface area contributed by atoms with E-state index in [-0.39, 0.29) is 25.4 Å². The molecule has 6 nitrogen and oxygen atoms in total. The van der Waals surface area contributed by atoms with Crippen molar-refractivity contribution in [3.05, 3.63) is 0 Å². The van der Waals surface area contributed by atoms with Gasteiger partial charge in [-0.15, -0.1) is 0 Å². The quantitative estimate of drug-likeness (QED) is 0.525. The second kappa shape index (κ2) is 6.27. The summed E-state index contributed by atoms with van der Waals surface area (Å²) in [7, 11) is 0. The maximum atomic E-state index is 10.1. The van der Waals surface area contributed by atoms with Crippen molar-refractivity contribution in [3.8, 4) is 0 Å². The van der Waals surface area contributed by atoms with Crippen molar-refractivity contribution < 1.29 is 29.9 Å². The summed E-state index contributed by atoms with van der Waals surface area (Å²) in [5.41, 5.74) is 0. The van der Waals surface area contributed by atoms with Crippen LogP contribution in [0.5, 0.6) is 0 Å². The normalized spacial score (nSPS) is 40.0. The molecule has 0 aromatic rings. The summed E-state index contributed by atoms with van der Waals surface area (Å²) < 4.78 is 11.0. The number of hydrogen-bond acceptors (Lipinski definition) is 5. The lowest BCUT2D eigenvalue weighted by Gasteiger charge is -2.27. The zero-order valence-electron chi connectivity index (χ0n) is 10.4. The van der Waals surface area contributed by atoms with E-state index >= 15 is 0 Å². The predicted octanol–water partition coefficient (Wildman–Crippen LogP) is -1.48. The van der Waals surface area contributed by atoms with Crippen LogP contribution >= 0.6 is 0 Å². The first-order valence-electron chi connectivity index (χ1n) is 6.58. The van der Waals surface area contributed by atoms with Crippen LogP contribution in [0.25, 0.3) is 0 Å². The third-order valence-corrected chi connectivity index (χ3v) is 3.82. The Bertz CT molecular complexity index is 235. The van der Waals surface area contributed by atoms with Gasteiger partial charge in [-0.25, -0.2) is 0 Å². The lowest BCUT2D eigenvalue weighted by atomic mass is 9.99. The largest absolute Gasteiger partial charge is 0.444 e. The van der Waals surface area contributed by atoms with Crippen LogP contribution in [0.15, 0.2) is 0 Å². The number of ether oxygens (including phenoxy) is 2. The number of aliphatic hydroxyl groups is 3. The molecule has 6 atom stereocenters. The molecule has 6 heteroatoms. The van der Waals surface area contributed by atoms with Gasteiger partial charge in [-0.1, -0.05) is 0 Å². The van der Waals surface area contributed by atoms with Gasteiger partial charge in [0.05, 0.1) is 24.9 Å². The molecule has 2 fully saturated rings. The van der Waals surface area contributed by atoms with Crippen molar-refractivity contribution >= 4 is 0 Å². The molecule has 2 aliphatic rings. The van der Waals surface area contributed by atoms with Gasteiger partial charge >= 0.3 is 0 Å². The van der Waals surface area contributed by atoms with E-state index in [0.29, 0.717) is 19.3 Å². The molecule has 2 rings (SSSR count). The summed E-state index contributed by atoms with van der Waals surface area (Å²) in [6, 6.07) is 0. The maximum absolute atomic E-state index is 10.1. The van der Waals surface area contributed by atoms with E-state index < -0.39 is 24.4 Å². The number of rotatable bonds is 5. The molecule has 106 valence electrons. The van der Waals surface area contributed by atoms with Crippen molar-refractivity contribution in [1.29, 1.82) is 0 Å². The standard InChI is InChI=1S/C12H22O6/c13-5-7-1-3-9(17-7)11(15)12(16)10-4-2-8(6-14)18-10/h7-16H,1-6H2/p+1. The van der Waals surface area contributed by atoms with Crippen LogP contribution in [0.3, 0.4) is 0 Å². The van der Waals surface area contributed by atoms with Crippen molar-refractivity contribution in [1.82, 2.24) is 0 Å². The highest BCUT2D eigenvalue weighted by atomic mass is 16.5. The van der Waals surface area contributed by atoms with Gasteiger partial charge in [0.15, 0.2) is 6.61 Å². The Morgan fingerprint density at radius 1 is 0.944 bits per heavy atom. The SMILES string of the molecule is OCC1CCC(C(O)C(O)C2CCC(C[OH2+])O2)O1. The molecule has 18 heavy (non-hydrogen) atoms. The van der Waals surface area contributed by atoms with Crippen molar-refractivity contribution in [2.75, 3.05) is 13.2 Å². The van der Waals surface area contributed by atoms with Gasteiger partial charge in [-0.3, -0.25) is 0 Å². The molecular formula is C12H23O6+. The number of hydrogen-bond donors (Lipinski definition) is 3. The van der Waals surface area contributed by atoms with E-state index in [9.17, 15) is 10.2 Å². The summed E-state index contributed by atoms with van der Waals surface area (Å²) in [5.74, 6) is 0. The molecule has 0 aromatic carbocycles. The van der Waals surface area contributed by atoms with Crippen LogP contribution in [0.1, 0.15) is 25.7 Å². The van der Waals surface area contributed by atoms with Crippen LogP contribution < -0.4 is 0 Å². The summed E-state index contributed by atoms with van der Waals surface area (Å²) in [5, 5.41) is 36.3. The molecule has 0 saturated carbocycles. The lowest BCUT2D eigenvalue weighted by molar-refractivity contribution is -0.136. The first kappa shape index (κ1) is 14.2. The van der Waals surface area contributed by atoms with Gasteiger partial charge in [0.1, 0.15) is 18.3 Å². The van der Waals surface area contributed by atoms with Crippen molar-refractivity contribution in [3.63, 3.8) is 0 Å². The second-order valence-electron chi connectivity index (χ2n) is 5.12. The summed E-state index contributed by atoms with van der Waals surface area (Å²) >= 11 is 0. The Labute approximate surface area is 106 Å². The third-order valence-electron chi connectivity index (χ3n) is 3.82. The molecule has 0 aromatic heterocycles. The average molecular weight is 263 g/mol. The summed E-state index contributed by atoms with van der Waals surface area (Å²) in [6.07, 6.45) is -0.429. The van der Waals surface area contributed by atoms with Gasteiger partial charge in [0, 0.05) is 0 Å². The highest BCUT2D eigenvalue weighted by Crippen LogP contribution is 2.28. The molecule has 2 saturated heterocycles. The minimum Gasteiger partial charge on any atom is -0.444 e. The molecule has 6 unspecified atom stereocenters. The van der Waals surface area contributed by atoms with Crippen LogP contribution in [-0.4, -0.2) is 70.3 Å². The Kier molecular flexibility index (Phi) is 4.94. The minimum absolute atomic E-state index is 0.0554. The highest BCUT2D eigenvalue weighted by molar-refractivity contribution is 4.89. The first-order valence-corrected chi connectivity index (χ1v) is 6.58. The van der Waals surface area contributed by atoms with Gasteiger partial charge in [0.2, 0.25) is 0 Å². The fourth-order valence-electron chi connectivity index (χ4n) is 2.69. The summed E-state index contributed by atoms with van der Waals surface area (Å²) in [6.45, 7) is 0.131. The Balaban J connectivity index is 1.83. The Morgan fingerprint density at radius 3 is 1.83 bits per heavy atom. The van der Waals surface area contributed by atoms with Crippen LogP contribution in [0.4, 0.5) is 0 Å². The maximum Gasteiger partial charge on any atom is 0.170 e. The van der Waals surface area contributed by atoms with E-state index in [4.69, 9.17) is 19.7 Å². The van der Waals surface area contributed by atoms with Crippen LogP contribution in [0.2, 0.25) is 0 Å². The molecule has 0 amide bonds. The van der Waals surface area contributed by atoms with Crippen molar-refractivity contribution in [2.24, 2.45) is 0 Å². The van der Waals surface area contributed by atoms with Crippen LogP contribution in [0, 0.1) is 0 Å². The van der Waals surface area contributed by atoms with E-state index in [1.807, 2.05) is 0 Å². The smallest absolute Gasteiger partial charge is 0.170 e. The topological polar surface area (TPSA) is 102 Å². The Hall–Kier alpha value is -0.240. The average Bonchev–Trinajstić information content (AvgIpc) is 3.05. The zero-order valence-corrected chi connectivity index (χ0v) is 10.4. The van der Waals surface area contributed by atoms with Gasteiger partial charge in [-0.2, -0.15) is 0 Å². The van der Waals surface area contributed by atoms with E-state index in [2.05, 4.69) is 0 Å². The fourth-order valence-corrected chi connectivity index (χ4v) is 2.69. The van der Waals surface area contributed by atoms with Crippen molar-refractivity contribution in [2.45, 2.75) is 62.3 Å². The first-order chi connectivity index (χ1) is 8.65. The zero-order chi connectivity index (χ0) is 13.1. The van der Waals surface area contributed by atoms with E-state index in [1.165, 1.54) is 0 Å². The second-order valence-corrected chi connectivity index (χ2v) is 5.12. The van der Waals surface area contributed by atoms with Gasteiger partial charge < -0.3 is 29.9 Å². The van der Waals surface area contributed by atoms with Gasteiger partial charge in [-0.05, 0) is 25.7 Å². The minimum atomic E-state index is -0.990. The molecule has 2 aliphatic heterocycles. The monoisotopic (exact) mass is 263 g/mol. The van der Waals surface area contributed by atoms with E-state index in [1.54, 1.807) is 0 Å². The Morgan fingerprint density at radius 2 is 1.44 bits per heavy atom. The van der Waals surface area contributed by atoms with Gasteiger partial charge in [0.25, 0.3) is 0 Å². The molecule has 0 bridgehead atoms. The third kappa shape index (κ3) is 3.01. The fraction of sp³-hybridized carbons (Fsp3) is 1.00. The number of aliphatic hydroxyl groups excluding tert-OH is 3. The molecule has 5 N–H and O–H groups in total. The van der Waals surface area contributed by atoms with Crippen LogP contribution in [-0.2, 0) is 9.47 Å². The molecule has 0 spiro atoms. The molecular weight excluding hydrogens is 240 g/mol. The van der Waals surface area contributed by atoms with E-state index in [0.717, 1.165) is 6.42 Å². The molecule has 2 heterocycles. The predicted molar refractivity (Wildman–Crippen MR) is 63.4 cm³/mol. The summed E-state index contributed by atoms with van der Waals surface area (Å²) in [4.78, 5) is 0. The molecule has 0 aliphatic carbocycles. The lowest BCUT2D eigenvalue weighted by Crippen LogP contribution is -2.44. The molecule has 0 radical (unpaired) electrons.